The minimum Gasteiger partial charge on any atom is -0.375 e. The summed E-state index contributed by atoms with van der Waals surface area (Å²) in [5.41, 5.74) is 1.04. The molecule has 0 spiro atoms. The Kier molecular flexibility index (Phi) is 4.22. The Morgan fingerprint density at radius 3 is 2.77 bits per heavy atom. The predicted molar refractivity (Wildman–Crippen MR) is 81.7 cm³/mol. The molecule has 1 aliphatic heterocycles. The van der Waals surface area contributed by atoms with Crippen molar-refractivity contribution in [1.82, 2.24) is 4.31 Å². The van der Waals surface area contributed by atoms with Crippen LogP contribution in [0, 0.1) is 24.2 Å². The average molecular weight is 320 g/mol. The van der Waals surface area contributed by atoms with E-state index in [4.69, 9.17) is 10.00 Å². The largest absolute Gasteiger partial charge is 0.375 e. The van der Waals surface area contributed by atoms with Gasteiger partial charge in [-0.05, 0) is 43.4 Å². The highest BCUT2D eigenvalue weighted by Crippen LogP contribution is 2.34. The summed E-state index contributed by atoms with van der Waals surface area (Å²) in [6, 6.07) is 6.81. The van der Waals surface area contributed by atoms with Crippen LogP contribution in [0.5, 0.6) is 0 Å². The van der Waals surface area contributed by atoms with Crippen molar-refractivity contribution in [3.63, 3.8) is 0 Å². The van der Waals surface area contributed by atoms with Crippen molar-refractivity contribution in [2.75, 3.05) is 19.7 Å². The molecule has 3 rings (SSSR count). The van der Waals surface area contributed by atoms with Gasteiger partial charge in [0.1, 0.15) is 0 Å². The van der Waals surface area contributed by atoms with Gasteiger partial charge in [0.15, 0.2) is 0 Å². The Morgan fingerprint density at radius 2 is 2.14 bits per heavy atom. The quantitative estimate of drug-likeness (QED) is 0.854. The molecule has 5 nitrogen and oxygen atoms in total. The van der Waals surface area contributed by atoms with Gasteiger partial charge in [0.2, 0.25) is 10.0 Å². The topological polar surface area (TPSA) is 70.4 Å². The van der Waals surface area contributed by atoms with E-state index in [1.807, 2.05) is 6.07 Å². The lowest BCUT2D eigenvalue weighted by Crippen LogP contribution is -2.49. The Balaban J connectivity index is 1.87. The number of sulfonamides is 1. The van der Waals surface area contributed by atoms with Crippen LogP contribution in [0.1, 0.15) is 30.4 Å². The molecule has 0 radical (unpaired) electrons. The third-order valence-electron chi connectivity index (χ3n) is 4.67. The Labute approximate surface area is 131 Å². The number of nitriles is 1. The molecular formula is C16H20N2O3S. The fourth-order valence-electron chi connectivity index (χ4n) is 3.05. The fourth-order valence-corrected chi connectivity index (χ4v) is 4.74. The van der Waals surface area contributed by atoms with E-state index in [1.54, 1.807) is 19.1 Å². The van der Waals surface area contributed by atoms with E-state index in [9.17, 15) is 8.42 Å². The number of aryl methyl sites for hydroxylation is 1. The van der Waals surface area contributed by atoms with Gasteiger partial charge in [-0.3, -0.25) is 0 Å². The first-order chi connectivity index (χ1) is 10.5. The molecule has 1 unspecified atom stereocenters. The van der Waals surface area contributed by atoms with Crippen LogP contribution in [-0.2, 0) is 14.8 Å². The molecule has 118 valence electrons. The van der Waals surface area contributed by atoms with Crippen LogP contribution < -0.4 is 0 Å². The van der Waals surface area contributed by atoms with E-state index in [0.29, 0.717) is 36.7 Å². The van der Waals surface area contributed by atoms with Gasteiger partial charge < -0.3 is 4.74 Å². The molecule has 1 aromatic carbocycles. The summed E-state index contributed by atoms with van der Waals surface area (Å²) in [4.78, 5) is 0.237. The lowest BCUT2D eigenvalue weighted by molar-refractivity contribution is -0.0542. The van der Waals surface area contributed by atoms with Crippen molar-refractivity contribution in [2.24, 2.45) is 5.92 Å². The lowest BCUT2D eigenvalue weighted by atomic mass is 9.81. The van der Waals surface area contributed by atoms with Gasteiger partial charge in [-0.1, -0.05) is 12.5 Å². The third-order valence-corrected chi connectivity index (χ3v) is 6.67. The number of morpholine rings is 1. The molecule has 1 aliphatic carbocycles. The SMILES string of the molecule is Cc1ccc(C#N)cc1S(=O)(=O)N1CCOC(C2CCC2)C1. The average Bonchev–Trinajstić information content (AvgIpc) is 2.46. The Morgan fingerprint density at radius 1 is 1.36 bits per heavy atom. The second-order valence-corrected chi connectivity index (χ2v) is 7.96. The maximum atomic E-state index is 12.9. The van der Waals surface area contributed by atoms with Crippen LogP contribution in [-0.4, -0.2) is 38.5 Å². The monoisotopic (exact) mass is 320 g/mol. The van der Waals surface area contributed by atoms with E-state index in [-0.39, 0.29) is 11.0 Å². The van der Waals surface area contributed by atoms with Gasteiger partial charge in [-0.25, -0.2) is 8.42 Å². The first-order valence-electron chi connectivity index (χ1n) is 7.65. The fraction of sp³-hybridized carbons (Fsp3) is 0.562. The van der Waals surface area contributed by atoms with Crippen molar-refractivity contribution in [3.8, 4) is 6.07 Å². The van der Waals surface area contributed by atoms with E-state index < -0.39 is 10.0 Å². The van der Waals surface area contributed by atoms with E-state index >= 15 is 0 Å². The summed E-state index contributed by atoms with van der Waals surface area (Å²) in [6.07, 6.45) is 3.47. The Bertz CT molecular complexity index is 705. The molecule has 1 aromatic rings. The second kappa shape index (κ2) is 5.99. The summed E-state index contributed by atoms with van der Waals surface area (Å²) < 4.78 is 33.1. The van der Waals surface area contributed by atoms with E-state index in [1.165, 1.54) is 16.8 Å². The second-order valence-electron chi connectivity index (χ2n) is 6.06. The molecule has 1 saturated carbocycles. The van der Waals surface area contributed by atoms with Crippen molar-refractivity contribution < 1.29 is 13.2 Å². The van der Waals surface area contributed by atoms with Crippen molar-refractivity contribution >= 4 is 10.0 Å². The molecule has 0 bridgehead atoms. The number of hydrogen-bond acceptors (Lipinski definition) is 4. The summed E-state index contributed by atoms with van der Waals surface area (Å²) in [7, 11) is -3.57. The van der Waals surface area contributed by atoms with Crippen LogP contribution >= 0.6 is 0 Å². The van der Waals surface area contributed by atoms with Gasteiger partial charge in [0, 0.05) is 13.1 Å². The summed E-state index contributed by atoms with van der Waals surface area (Å²) in [6.45, 7) is 3.00. The van der Waals surface area contributed by atoms with Crippen LogP contribution in [0.15, 0.2) is 23.1 Å². The van der Waals surface area contributed by atoms with Gasteiger partial charge in [0.05, 0.1) is 29.2 Å². The predicted octanol–water partition coefficient (Wildman–Crippen LogP) is 2.06. The molecule has 1 heterocycles. The molecule has 2 aliphatic rings. The van der Waals surface area contributed by atoms with Crippen LogP contribution in [0.25, 0.3) is 0 Å². The molecule has 6 heteroatoms. The van der Waals surface area contributed by atoms with Gasteiger partial charge >= 0.3 is 0 Å². The van der Waals surface area contributed by atoms with Crippen molar-refractivity contribution in [2.45, 2.75) is 37.2 Å². The minimum absolute atomic E-state index is 0.0109. The van der Waals surface area contributed by atoms with E-state index in [0.717, 1.165) is 12.8 Å². The Hall–Kier alpha value is -1.42. The van der Waals surface area contributed by atoms with Crippen LogP contribution in [0.2, 0.25) is 0 Å². The zero-order chi connectivity index (χ0) is 15.7. The summed E-state index contributed by atoms with van der Waals surface area (Å²) >= 11 is 0. The summed E-state index contributed by atoms with van der Waals surface area (Å²) in [5, 5.41) is 9.00. The third kappa shape index (κ3) is 2.76. The van der Waals surface area contributed by atoms with Crippen LogP contribution in [0.4, 0.5) is 0 Å². The zero-order valence-corrected chi connectivity index (χ0v) is 13.5. The number of nitrogens with zero attached hydrogens (tertiary/aromatic N) is 2. The minimum atomic E-state index is -3.57. The van der Waals surface area contributed by atoms with Gasteiger partial charge in [0.25, 0.3) is 0 Å². The van der Waals surface area contributed by atoms with Crippen molar-refractivity contribution in [3.05, 3.63) is 29.3 Å². The molecule has 0 amide bonds. The highest BCUT2D eigenvalue weighted by Gasteiger charge is 2.37. The molecule has 0 N–H and O–H groups in total. The molecule has 2 fully saturated rings. The van der Waals surface area contributed by atoms with Gasteiger partial charge in [-0.15, -0.1) is 0 Å². The smallest absolute Gasteiger partial charge is 0.243 e. The normalized spacial score (nSPS) is 23.7. The number of hydrogen-bond donors (Lipinski definition) is 0. The number of benzene rings is 1. The molecular weight excluding hydrogens is 300 g/mol. The highest BCUT2D eigenvalue weighted by molar-refractivity contribution is 7.89. The first-order valence-corrected chi connectivity index (χ1v) is 9.09. The number of rotatable bonds is 3. The maximum absolute atomic E-state index is 12.9. The highest BCUT2D eigenvalue weighted by atomic mass is 32.2. The maximum Gasteiger partial charge on any atom is 0.243 e. The van der Waals surface area contributed by atoms with Gasteiger partial charge in [-0.2, -0.15) is 9.57 Å². The lowest BCUT2D eigenvalue weighted by Gasteiger charge is -2.40. The van der Waals surface area contributed by atoms with Crippen molar-refractivity contribution in [1.29, 1.82) is 5.26 Å². The molecule has 1 atom stereocenters. The number of ether oxygens (including phenoxy) is 1. The first kappa shape index (κ1) is 15.5. The standard InChI is InChI=1S/C16H20N2O3S/c1-12-5-6-13(10-17)9-16(12)22(19,20)18-7-8-21-15(11-18)14-3-2-4-14/h5-6,9,14-15H,2-4,7-8,11H2,1H3. The summed E-state index contributed by atoms with van der Waals surface area (Å²) in [5.74, 6) is 0.490. The molecule has 22 heavy (non-hydrogen) atoms. The molecule has 1 saturated heterocycles. The molecule has 0 aromatic heterocycles. The van der Waals surface area contributed by atoms with Crippen LogP contribution in [0.3, 0.4) is 0 Å². The van der Waals surface area contributed by atoms with E-state index in [2.05, 4.69) is 0 Å². The zero-order valence-electron chi connectivity index (χ0n) is 12.7.